The normalized spacial score (nSPS) is 12.4. The largest absolute Gasteiger partial charge is 0.456 e. The number of hydrogen-bond donors (Lipinski definition) is 0. The number of nitrogens with zero attached hydrogens (tertiary/aromatic N) is 4. The summed E-state index contributed by atoms with van der Waals surface area (Å²) in [6, 6.07) is 79.3. The van der Waals surface area contributed by atoms with E-state index in [0.717, 1.165) is 95.7 Å². The molecule has 1 aliphatic rings. The number of furan rings is 1. The average Bonchev–Trinajstić information content (AvgIpc) is 3.95. The highest BCUT2D eigenvalue weighted by Gasteiger charge is 2.22. The SMILES string of the molecule is C1=c2c(oc3cc4c(cc23)c2ccccc2n4-c2cccc(-c3ccc(-c4ccccc4)cc3)c2)=C(c2nc(-c3cccc(-c4ccccc4)c3)nc(-c3cccc(-c4ccccc4)c3)n2)CC1. The Kier molecular flexibility index (Phi) is 9.57. The Labute approximate surface area is 393 Å². The molecule has 0 saturated carbocycles. The molecule has 0 atom stereocenters. The quantitative estimate of drug-likeness (QED) is 0.153. The molecule has 12 aromatic rings. The molecule has 13 rings (SSSR count). The van der Waals surface area contributed by atoms with Crippen molar-refractivity contribution >= 4 is 44.4 Å². The molecule has 0 bridgehead atoms. The Morgan fingerprint density at radius 1 is 0.353 bits per heavy atom. The second-order valence-corrected chi connectivity index (χ2v) is 17.5. The van der Waals surface area contributed by atoms with Gasteiger partial charge in [-0.05, 0) is 93.7 Å². The van der Waals surface area contributed by atoms with Crippen molar-refractivity contribution in [3.05, 3.63) is 241 Å². The van der Waals surface area contributed by atoms with Crippen LogP contribution >= 0.6 is 0 Å². The molecule has 0 amide bonds. The number of benzene rings is 9. The van der Waals surface area contributed by atoms with Gasteiger partial charge in [-0.25, -0.2) is 15.0 Å². The van der Waals surface area contributed by atoms with Gasteiger partial charge in [0.25, 0.3) is 0 Å². The van der Waals surface area contributed by atoms with Gasteiger partial charge in [0, 0.05) is 49.8 Å². The maximum Gasteiger partial charge on any atom is 0.164 e. The van der Waals surface area contributed by atoms with Crippen molar-refractivity contribution in [2.24, 2.45) is 0 Å². The number of fused-ring (bicyclic) bond motifs is 6. The molecule has 1 aliphatic carbocycles. The molecule has 0 unspecified atom stereocenters. The lowest BCUT2D eigenvalue weighted by atomic mass is 10.00. The van der Waals surface area contributed by atoms with Crippen molar-refractivity contribution in [1.29, 1.82) is 0 Å². The Hall–Kier alpha value is -8.93. The highest BCUT2D eigenvalue weighted by molar-refractivity contribution is 6.13. The van der Waals surface area contributed by atoms with Gasteiger partial charge >= 0.3 is 0 Å². The third-order valence-electron chi connectivity index (χ3n) is 13.3. The fourth-order valence-corrected chi connectivity index (χ4v) is 9.99. The minimum absolute atomic E-state index is 0.619. The summed E-state index contributed by atoms with van der Waals surface area (Å²) >= 11 is 0. The van der Waals surface area contributed by atoms with E-state index in [4.69, 9.17) is 19.4 Å². The van der Waals surface area contributed by atoms with E-state index in [0.29, 0.717) is 17.5 Å². The van der Waals surface area contributed by atoms with E-state index in [1.807, 2.05) is 12.1 Å². The fourth-order valence-electron chi connectivity index (χ4n) is 9.99. The van der Waals surface area contributed by atoms with Gasteiger partial charge in [0.1, 0.15) is 11.0 Å². The second-order valence-electron chi connectivity index (χ2n) is 17.5. The lowest BCUT2D eigenvalue weighted by Crippen LogP contribution is -2.27. The van der Waals surface area contributed by atoms with Crippen LogP contribution in [-0.2, 0) is 0 Å². The maximum absolute atomic E-state index is 7.06. The molecule has 0 fully saturated rings. The van der Waals surface area contributed by atoms with E-state index >= 15 is 0 Å². The van der Waals surface area contributed by atoms with Gasteiger partial charge in [-0.1, -0.05) is 188 Å². The topological polar surface area (TPSA) is 56.7 Å². The summed E-state index contributed by atoms with van der Waals surface area (Å²) in [5.41, 5.74) is 17.0. The smallest absolute Gasteiger partial charge is 0.164 e. The van der Waals surface area contributed by atoms with E-state index in [1.165, 1.54) is 27.5 Å². The molecule has 5 nitrogen and oxygen atoms in total. The molecule has 9 aromatic carbocycles. The lowest BCUT2D eigenvalue weighted by Gasteiger charge is -2.12. The summed E-state index contributed by atoms with van der Waals surface area (Å²) in [5, 5.41) is 4.54. The van der Waals surface area contributed by atoms with E-state index in [9.17, 15) is 0 Å². The number of rotatable bonds is 8. The molecular weight excluding hydrogens is 829 g/mol. The number of aromatic nitrogens is 4. The van der Waals surface area contributed by atoms with Crippen molar-refractivity contribution in [2.75, 3.05) is 0 Å². The van der Waals surface area contributed by atoms with Gasteiger partial charge < -0.3 is 8.98 Å². The zero-order valence-corrected chi connectivity index (χ0v) is 37.1. The molecular formula is C63H42N4O. The van der Waals surface area contributed by atoms with E-state index in [-0.39, 0.29) is 0 Å². The summed E-state index contributed by atoms with van der Waals surface area (Å²) in [4.78, 5) is 15.8. The summed E-state index contributed by atoms with van der Waals surface area (Å²) in [5.74, 6) is 1.86. The van der Waals surface area contributed by atoms with Crippen LogP contribution in [0.1, 0.15) is 18.7 Å². The van der Waals surface area contributed by atoms with E-state index < -0.39 is 0 Å². The van der Waals surface area contributed by atoms with Crippen LogP contribution in [0.15, 0.2) is 229 Å². The molecule has 0 N–H and O–H groups in total. The summed E-state index contributed by atoms with van der Waals surface area (Å²) in [6.45, 7) is 0. The molecule has 5 heteroatoms. The fraction of sp³-hybridized carbons (Fsp3) is 0.0317. The summed E-state index contributed by atoms with van der Waals surface area (Å²) < 4.78 is 9.43. The third-order valence-corrected chi connectivity index (χ3v) is 13.3. The molecule has 0 spiro atoms. The zero-order valence-electron chi connectivity index (χ0n) is 37.1. The predicted octanol–water partition coefficient (Wildman–Crippen LogP) is 14.5. The maximum atomic E-state index is 7.06. The summed E-state index contributed by atoms with van der Waals surface area (Å²) in [7, 11) is 0. The van der Waals surface area contributed by atoms with Gasteiger partial charge in [0.05, 0.1) is 11.0 Å². The van der Waals surface area contributed by atoms with Crippen LogP contribution in [-0.4, -0.2) is 19.5 Å². The highest BCUT2D eigenvalue weighted by atomic mass is 16.3. The molecule has 0 saturated heterocycles. The average molecular weight is 871 g/mol. The van der Waals surface area contributed by atoms with Crippen LogP contribution in [0, 0.1) is 0 Å². The van der Waals surface area contributed by atoms with Gasteiger partial charge in [-0.2, -0.15) is 0 Å². The van der Waals surface area contributed by atoms with Crippen LogP contribution < -0.4 is 10.6 Å². The Balaban J connectivity index is 0.970. The molecule has 320 valence electrons. The molecule has 68 heavy (non-hydrogen) atoms. The van der Waals surface area contributed by atoms with Crippen LogP contribution in [0.2, 0.25) is 0 Å². The van der Waals surface area contributed by atoms with Crippen molar-refractivity contribution < 1.29 is 4.42 Å². The molecule has 3 heterocycles. The van der Waals surface area contributed by atoms with E-state index in [1.54, 1.807) is 0 Å². The lowest BCUT2D eigenvalue weighted by molar-refractivity contribution is 0.567. The Bertz CT molecular complexity index is 3900. The number of hydrogen-bond acceptors (Lipinski definition) is 4. The second kappa shape index (κ2) is 16.5. The first-order chi connectivity index (χ1) is 33.7. The van der Waals surface area contributed by atoms with Crippen LogP contribution in [0.5, 0.6) is 0 Å². The highest BCUT2D eigenvalue weighted by Crippen LogP contribution is 2.37. The monoisotopic (exact) mass is 870 g/mol. The zero-order chi connectivity index (χ0) is 45.0. The number of para-hydroxylation sites is 1. The minimum atomic E-state index is 0.619. The Morgan fingerprint density at radius 3 is 1.47 bits per heavy atom. The molecule has 0 aliphatic heterocycles. The van der Waals surface area contributed by atoms with Crippen molar-refractivity contribution in [1.82, 2.24) is 19.5 Å². The van der Waals surface area contributed by atoms with Gasteiger partial charge in [0.2, 0.25) is 0 Å². The third kappa shape index (κ3) is 7.00. The first kappa shape index (κ1) is 39.4. The first-order valence-corrected chi connectivity index (χ1v) is 23.2. The molecule has 0 radical (unpaired) electrons. The van der Waals surface area contributed by atoms with E-state index in [2.05, 4.69) is 223 Å². The Morgan fingerprint density at radius 2 is 0.838 bits per heavy atom. The van der Waals surface area contributed by atoms with Crippen LogP contribution in [0.25, 0.3) is 117 Å². The van der Waals surface area contributed by atoms with Crippen molar-refractivity contribution in [3.8, 4) is 73.0 Å². The minimum Gasteiger partial charge on any atom is -0.456 e. The first-order valence-electron chi connectivity index (χ1n) is 23.2. The van der Waals surface area contributed by atoms with Gasteiger partial charge in [0.15, 0.2) is 17.5 Å². The van der Waals surface area contributed by atoms with Gasteiger partial charge in [-0.15, -0.1) is 0 Å². The predicted molar refractivity (Wildman–Crippen MR) is 278 cm³/mol. The summed E-state index contributed by atoms with van der Waals surface area (Å²) in [6.07, 6.45) is 3.88. The van der Waals surface area contributed by atoms with Crippen LogP contribution in [0.4, 0.5) is 0 Å². The van der Waals surface area contributed by atoms with Crippen molar-refractivity contribution in [2.45, 2.75) is 12.8 Å². The van der Waals surface area contributed by atoms with Gasteiger partial charge in [-0.3, -0.25) is 0 Å². The standard InChI is InChI=1S/C63H42N4O/c1-4-16-41(17-5-1)44-32-34-45(35-33-44)48-24-14-27-51(38-48)67-57-31-11-10-28-52(57)55-39-56-53-29-15-30-54(60(53)68-59(56)40-58(55)67)63-65-61(49-25-12-22-46(36-49)42-18-6-2-7-19-42)64-62(66-63)50-26-13-23-47(37-50)43-20-8-3-9-21-43/h1-14,16-29,31-40H,15,30H2. The van der Waals surface area contributed by atoms with Crippen LogP contribution in [0.3, 0.4) is 0 Å². The molecule has 3 aromatic heterocycles. The van der Waals surface area contributed by atoms with Crippen molar-refractivity contribution in [3.63, 3.8) is 0 Å².